The average molecular weight is 239 g/mol. The van der Waals surface area contributed by atoms with E-state index in [1.54, 1.807) is 11.9 Å². The molecule has 1 amide bonds. The lowest BCUT2D eigenvalue weighted by Crippen LogP contribution is -2.34. The normalized spacial score (nSPS) is 9.56. The highest BCUT2D eigenvalue weighted by Gasteiger charge is 2.16. The van der Waals surface area contributed by atoms with Crippen molar-refractivity contribution in [1.29, 1.82) is 5.26 Å². The number of anilines is 2. The molecule has 0 spiro atoms. The van der Waals surface area contributed by atoms with Gasteiger partial charge in [-0.15, -0.1) is 0 Å². The third-order valence-corrected chi connectivity index (χ3v) is 2.89. The maximum atomic E-state index is 11.4. The number of nitrogens with zero attached hydrogens (tertiary/aromatic N) is 3. The zero-order valence-corrected chi connectivity index (χ0v) is 9.97. The quantitative estimate of drug-likeness (QED) is 0.781. The monoisotopic (exact) mass is 239 g/mol. The third kappa shape index (κ3) is 2.61. The molecule has 0 saturated carbocycles. The van der Waals surface area contributed by atoms with Gasteiger partial charge < -0.3 is 16.0 Å². The van der Waals surface area contributed by atoms with Gasteiger partial charge in [-0.3, -0.25) is 4.79 Å². The number of hydrogen-bond donors (Lipinski definition) is 2. The van der Waals surface area contributed by atoms with E-state index in [2.05, 4.69) is 9.69 Å². The van der Waals surface area contributed by atoms with E-state index in [1.807, 2.05) is 13.0 Å². The molecule has 1 heterocycles. The first-order valence-electron chi connectivity index (χ1n) is 4.73. The zero-order valence-electron chi connectivity index (χ0n) is 9.15. The molecule has 0 radical (unpaired) electrons. The molecule has 1 rings (SSSR count). The maximum Gasteiger partial charge on any atom is 0.239 e. The Balaban J connectivity index is 2.77. The van der Waals surface area contributed by atoms with Gasteiger partial charge in [-0.05, 0) is 18.5 Å². The maximum absolute atomic E-state index is 11.4. The molecule has 0 aliphatic carbocycles. The van der Waals surface area contributed by atoms with Crippen LogP contribution in [-0.2, 0) is 4.79 Å². The largest absolute Gasteiger partial charge is 0.382 e. The lowest BCUT2D eigenvalue weighted by molar-refractivity contribution is -0.119. The van der Waals surface area contributed by atoms with E-state index in [0.717, 1.165) is 11.5 Å². The number of nitriles is 1. The number of nitrogen functional groups attached to an aromatic ring is 1. The van der Waals surface area contributed by atoms with Gasteiger partial charge in [-0.1, -0.05) is 0 Å². The molecule has 1 aromatic rings. The van der Waals surface area contributed by atoms with Gasteiger partial charge in [0.2, 0.25) is 5.91 Å². The van der Waals surface area contributed by atoms with Crippen molar-refractivity contribution in [2.75, 3.05) is 30.8 Å². The van der Waals surface area contributed by atoms with Gasteiger partial charge in [0, 0.05) is 13.6 Å². The van der Waals surface area contributed by atoms with E-state index >= 15 is 0 Å². The predicted octanol–water partition coefficient (Wildman–Crippen LogP) is 0.169. The van der Waals surface area contributed by atoms with E-state index in [0.29, 0.717) is 17.1 Å². The second-order valence-corrected chi connectivity index (χ2v) is 3.92. The van der Waals surface area contributed by atoms with Crippen molar-refractivity contribution in [3.8, 4) is 6.07 Å². The van der Waals surface area contributed by atoms with Gasteiger partial charge in [0.05, 0.1) is 6.54 Å². The molecule has 0 fully saturated rings. The number of hydrogen-bond acceptors (Lipinski definition) is 6. The van der Waals surface area contributed by atoms with Crippen molar-refractivity contribution >= 4 is 28.3 Å². The number of aromatic nitrogens is 1. The molecule has 16 heavy (non-hydrogen) atoms. The van der Waals surface area contributed by atoms with Gasteiger partial charge in [-0.25, -0.2) is 0 Å². The fraction of sp³-hybridized carbons (Fsp3) is 0.444. The van der Waals surface area contributed by atoms with Gasteiger partial charge in [-0.2, -0.15) is 9.64 Å². The minimum absolute atomic E-state index is 0.0964. The average Bonchev–Trinajstić information content (AvgIpc) is 2.59. The fourth-order valence-electron chi connectivity index (χ4n) is 1.20. The fourth-order valence-corrected chi connectivity index (χ4v) is 1.92. The van der Waals surface area contributed by atoms with Crippen LogP contribution in [0.1, 0.15) is 12.5 Å². The van der Waals surface area contributed by atoms with E-state index < -0.39 is 0 Å². The van der Waals surface area contributed by atoms with Crippen molar-refractivity contribution in [2.45, 2.75) is 6.92 Å². The summed E-state index contributed by atoms with van der Waals surface area (Å²) in [6.07, 6.45) is 0. The highest BCUT2D eigenvalue weighted by Crippen LogP contribution is 2.28. The summed E-state index contributed by atoms with van der Waals surface area (Å²) in [5.41, 5.74) is 5.86. The Morgan fingerprint density at radius 1 is 1.75 bits per heavy atom. The number of rotatable bonds is 4. The topological polar surface area (TPSA) is 95.0 Å². The van der Waals surface area contributed by atoms with Crippen LogP contribution in [0.25, 0.3) is 0 Å². The van der Waals surface area contributed by atoms with Crippen LogP contribution in [0.15, 0.2) is 0 Å². The molecule has 0 bridgehead atoms. The molecule has 1 aromatic heterocycles. The van der Waals surface area contributed by atoms with E-state index in [9.17, 15) is 4.79 Å². The molecular weight excluding hydrogens is 226 g/mol. The third-order valence-electron chi connectivity index (χ3n) is 1.91. The Morgan fingerprint density at radius 2 is 2.44 bits per heavy atom. The van der Waals surface area contributed by atoms with E-state index in [1.165, 1.54) is 0 Å². The highest BCUT2D eigenvalue weighted by atomic mass is 32.1. The van der Waals surface area contributed by atoms with Crippen LogP contribution < -0.4 is 16.0 Å². The second kappa shape index (κ2) is 5.32. The SMILES string of the molecule is CCNC(=O)CN(C)c1snc(N)c1C#N. The summed E-state index contributed by atoms with van der Waals surface area (Å²) < 4.78 is 3.89. The minimum atomic E-state index is -0.0964. The summed E-state index contributed by atoms with van der Waals surface area (Å²) in [5, 5.41) is 12.2. The van der Waals surface area contributed by atoms with Crippen LogP contribution in [0.3, 0.4) is 0 Å². The molecule has 0 saturated heterocycles. The Hall–Kier alpha value is -1.81. The molecule has 0 aliphatic rings. The number of carbonyl (C=O) groups is 1. The van der Waals surface area contributed by atoms with E-state index in [4.69, 9.17) is 11.0 Å². The van der Waals surface area contributed by atoms with Crippen molar-refractivity contribution in [3.63, 3.8) is 0 Å². The smallest absolute Gasteiger partial charge is 0.239 e. The molecular formula is C9H13N5OS. The Morgan fingerprint density at radius 3 is 3.00 bits per heavy atom. The van der Waals surface area contributed by atoms with Crippen LogP contribution in [0.4, 0.5) is 10.8 Å². The van der Waals surface area contributed by atoms with Gasteiger partial charge >= 0.3 is 0 Å². The summed E-state index contributed by atoms with van der Waals surface area (Å²) in [6.45, 7) is 2.62. The molecule has 0 aliphatic heterocycles. The van der Waals surface area contributed by atoms with Crippen molar-refractivity contribution in [3.05, 3.63) is 5.56 Å². The summed E-state index contributed by atoms with van der Waals surface area (Å²) in [7, 11) is 1.73. The summed E-state index contributed by atoms with van der Waals surface area (Å²) in [4.78, 5) is 13.0. The van der Waals surface area contributed by atoms with Crippen LogP contribution >= 0.6 is 11.5 Å². The number of nitrogens with two attached hydrogens (primary N) is 1. The van der Waals surface area contributed by atoms with Crippen LogP contribution in [0.2, 0.25) is 0 Å². The first kappa shape index (κ1) is 12.3. The summed E-state index contributed by atoms with van der Waals surface area (Å²) >= 11 is 1.12. The lowest BCUT2D eigenvalue weighted by atomic mass is 10.3. The number of amides is 1. The molecule has 86 valence electrons. The van der Waals surface area contributed by atoms with Crippen molar-refractivity contribution in [2.24, 2.45) is 0 Å². The lowest BCUT2D eigenvalue weighted by Gasteiger charge is -2.15. The minimum Gasteiger partial charge on any atom is -0.382 e. The number of nitrogens with one attached hydrogen (secondary N) is 1. The van der Waals surface area contributed by atoms with Crippen molar-refractivity contribution in [1.82, 2.24) is 9.69 Å². The van der Waals surface area contributed by atoms with Crippen molar-refractivity contribution < 1.29 is 4.79 Å². The molecule has 6 nitrogen and oxygen atoms in total. The molecule has 0 aromatic carbocycles. The number of likely N-dealkylation sites (N-methyl/N-ethyl adjacent to an activating group) is 2. The Bertz CT molecular complexity index is 422. The van der Waals surface area contributed by atoms with Gasteiger partial charge in [0.1, 0.15) is 16.6 Å². The van der Waals surface area contributed by atoms with Crippen LogP contribution in [-0.4, -0.2) is 30.4 Å². The van der Waals surface area contributed by atoms with Crippen LogP contribution in [0.5, 0.6) is 0 Å². The first-order chi connectivity index (χ1) is 7.60. The molecule has 3 N–H and O–H groups in total. The highest BCUT2D eigenvalue weighted by molar-refractivity contribution is 7.10. The number of carbonyl (C=O) groups excluding carboxylic acids is 1. The molecule has 7 heteroatoms. The molecule has 0 atom stereocenters. The van der Waals surface area contributed by atoms with Gasteiger partial charge in [0.15, 0.2) is 5.82 Å². The van der Waals surface area contributed by atoms with Gasteiger partial charge in [0.25, 0.3) is 0 Å². The predicted molar refractivity (Wildman–Crippen MR) is 63.2 cm³/mol. The Labute approximate surface area is 97.8 Å². The second-order valence-electron chi connectivity index (χ2n) is 3.17. The zero-order chi connectivity index (χ0) is 12.1. The Kier molecular flexibility index (Phi) is 4.08. The standard InChI is InChI=1S/C9H13N5OS/c1-3-12-7(15)5-14(2)9-6(4-10)8(11)13-16-9/h3,5H2,1-2H3,(H2,11,13)(H,12,15). The summed E-state index contributed by atoms with van der Waals surface area (Å²) in [5.74, 6) is 0.117. The van der Waals surface area contributed by atoms with Crippen LogP contribution in [0, 0.1) is 11.3 Å². The first-order valence-corrected chi connectivity index (χ1v) is 5.50. The summed E-state index contributed by atoms with van der Waals surface area (Å²) in [6, 6.07) is 1.98. The van der Waals surface area contributed by atoms with E-state index in [-0.39, 0.29) is 18.3 Å². The molecule has 0 unspecified atom stereocenters.